The molecule has 33 heavy (non-hydrogen) atoms. The Morgan fingerprint density at radius 1 is 0.970 bits per heavy atom. The zero-order chi connectivity index (χ0) is 23.8. The molecule has 0 saturated carbocycles. The van der Waals surface area contributed by atoms with Crippen LogP contribution in [0.5, 0.6) is 5.75 Å². The lowest BCUT2D eigenvalue weighted by Crippen LogP contribution is -2.34. The number of carbonyl (C=O) groups excluding carboxylic acids is 2. The highest BCUT2D eigenvalue weighted by molar-refractivity contribution is 9.10. The van der Waals surface area contributed by atoms with Crippen LogP contribution in [0.3, 0.4) is 0 Å². The van der Waals surface area contributed by atoms with Crippen molar-refractivity contribution in [3.63, 3.8) is 0 Å². The van der Waals surface area contributed by atoms with Crippen LogP contribution >= 0.6 is 28.1 Å². The second-order valence-electron chi connectivity index (χ2n) is 7.42. The van der Waals surface area contributed by atoms with Crippen LogP contribution in [0, 0.1) is 0 Å². The van der Waals surface area contributed by atoms with Gasteiger partial charge >= 0.3 is 0 Å². The molecule has 0 radical (unpaired) electrons. The Morgan fingerprint density at radius 2 is 1.73 bits per heavy atom. The van der Waals surface area contributed by atoms with Crippen LogP contribution in [0.15, 0.2) is 77.3 Å². The van der Waals surface area contributed by atoms with Gasteiger partial charge in [-0.05, 0) is 70.1 Å². The van der Waals surface area contributed by atoms with Crippen molar-refractivity contribution in [1.82, 2.24) is 10.2 Å². The Labute approximate surface area is 207 Å². The van der Waals surface area contributed by atoms with Gasteiger partial charge in [0.05, 0.1) is 11.1 Å². The lowest BCUT2D eigenvalue weighted by atomic mass is 10.2. The van der Waals surface area contributed by atoms with E-state index in [-0.39, 0.29) is 16.9 Å². The van der Waals surface area contributed by atoms with Crippen molar-refractivity contribution >= 4 is 50.8 Å². The van der Waals surface area contributed by atoms with Crippen LogP contribution in [0.4, 0.5) is 5.69 Å². The monoisotopic (exact) mass is 525 g/mol. The predicted octanol–water partition coefficient (Wildman–Crippen LogP) is 4.90. The molecule has 0 bridgehead atoms. The molecule has 0 unspecified atom stereocenters. The second-order valence-corrected chi connectivity index (χ2v) is 8.68. The van der Waals surface area contributed by atoms with E-state index in [2.05, 4.69) is 38.7 Å². The molecule has 0 aliphatic heterocycles. The molecule has 0 saturated heterocycles. The molecular formula is C25H24BrN3O3S. The van der Waals surface area contributed by atoms with Gasteiger partial charge in [-0.15, -0.1) is 0 Å². The van der Waals surface area contributed by atoms with Crippen molar-refractivity contribution in [2.45, 2.75) is 6.42 Å². The maximum Gasteiger partial charge on any atom is 0.257 e. The van der Waals surface area contributed by atoms with Crippen molar-refractivity contribution in [2.24, 2.45) is 0 Å². The number of halogens is 1. The summed E-state index contributed by atoms with van der Waals surface area (Å²) in [4.78, 5) is 26.2. The summed E-state index contributed by atoms with van der Waals surface area (Å²) >= 11 is 8.73. The fourth-order valence-corrected chi connectivity index (χ4v) is 3.71. The highest BCUT2D eigenvalue weighted by Crippen LogP contribution is 2.26. The Kier molecular flexibility index (Phi) is 8.57. The first-order valence-electron chi connectivity index (χ1n) is 10.2. The second kappa shape index (κ2) is 11.6. The van der Waals surface area contributed by atoms with Gasteiger partial charge in [0.1, 0.15) is 5.75 Å². The van der Waals surface area contributed by atoms with Gasteiger partial charge in [0.15, 0.2) is 5.11 Å². The third kappa shape index (κ3) is 7.13. The van der Waals surface area contributed by atoms with Crippen LogP contribution < -0.4 is 15.4 Å². The maximum absolute atomic E-state index is 12.6. The number of thiocarbonyl (C=S) groups is 1. The van der Waals surface area contributed by atoms with E-state index in [0.29, 0.717) is 33.6 Å². The van der Waals surface area contributed by atoms with Gasteiger partial charge < -0.3 is 15.0 Å². The number of rotatable bonds is 7. The first kappa shape index (κ1) is 24.4. The number of benzene rings is 3. The Balaban J connectivity index is 1.55. The van der Waals surface area contributed by atoms with E-state index in [1.54, 1.807) is 56.6 Å². The summed E-state index contributed by atoms with van der Waals surface area (Å²) in [5, 5.41) is 5.72. The van der Waals surface area contributed by atoms with Gasteiger partial charge in [0.25, 0.3) is 11.8 Å². The molecule has 3 aromatic carbocycles. The van der Waals surface area contributed by atoms with Crippen molar-refractivity contribution in [3.8, 4) is 5.75 Å². The van der Waals surface area contributed by atoms with E-state index in [1.807, 2.05) is 18.2 Å². The van der Waals surface area contributed by atoms with E-state index in [0.717, 1.165) is 6.42 Å². The summed E-state index contributed by atoms with van der Waals surface area (Å²) in [5.74, 6) is 0.180. The van der Waals surface area contributed by atoms with Gasteiger partial charge in [0, 0.05) is 37.3 Å². The lowest BCUT2D eigenvalue weighted by Gasteiger charge is -2.13. The normalized spacial score (nSPS) is 10.3. The summed E-state index contributed by atoms with van der Waals surface area (Å²) < 4.78 is 6.51. The summed E-state index contributed by atoms with van der Waals surface area (Å²) in [5.41, 5.74) is 2.75. The van der Waals surface area contributed by atoms with Crippen LogP contribution in [-0.4, -0.2) is 42.5 Å². The summed E-state index contributed by atoms with van der Waals surface area (Å²) in [6.07, 6.45) is 0.788. The third-order valence-electron chi connectivity index (χ3n) is 4.69. The van der Waals surface area contributed by atoms with Crippen LogP contribution in [-0.2, 0) is 6.42 Å². The summed E-state index contributed by atoms with van der Waals surface area (Å²) in [7, 11) is 3.37. The van der Waals surface area contributed by atoms with Crippen molar-refractivity contribution in [3.05, 3.63) is 94.0 Å². The number of nitrogens with zero attached hydrogens (tertiary/aromatic N) is 1. The van der Waals surface area contributed by atoms with Gasteiger partial charge in [-0.25, -0.2) is 0 Å². The number of hydrogen-bond acceptors (Lipinski definition) is 4. The quantitative estimate of drug-likeness (QED) is 0.429. The molecule has 0 atom stereocenters. The highest BCUT2D eigenvalue weighted by atomic mass is 79.9. The number of carbonyl (C=O) groups is 2. The minimum absolute atomic E-state index is 0.121. The van der Waals surface area contributed by atoms with Gasteiger partial charge in [-0.1, -0.05) is 36.4 Å². The van der Waals surface area contributed by atoms with Gasteiger partial charge in [-0.2, -0.15) is 0 Å². The Hall–Kier alpha value is -3.23. The lowest BCUT2D eigenvalue weighted by molar-refractivity contribution is 0.0827. The first-order chi connectivity index (χ1) is 15.8. The van der Waals surface area contributed by atoms with Crippen LogP contribution in [0.25, 0.3) is 0 Å². The molecule has 0 spiro atoms. The molecule has 2 N–H and O–H groups in total. The number of hydrogen-bond donors (Lipinski definition) is 2. The topological polar surface area (TPSA) is 70.7 Å². The third-order valence-corrected chi connectivity index (χ3v) is 5.51. The minimum Gasteiger partial charge on any atom is -0.492 e. The number of amides is 2. The van der Waals surface area contributed by atoms with Crippen molar-refractivity contribution in [2.75, 3.05) is 26.0 Å². The van der Waals surface area contributed by atoms with Crippen molar-refractivity contribution < 1.29 is 14.3 Å². The Bertz CT molecular complexity index is 1150. The van der Waals surface area contributed by atoms with Crippen LogP contribution in [0.2, 0.25) is 0 Å². The zero-order valence-electron chi connectivity index (χ0n) is 18.3. The molecule has 0 aliphatic rings. The smallest absolute Gasteiger partial charge is 0.257 e. The molecule has 170 valence electrons. The molecule has 8 heteroatoms. The summed E-state index contributed by atoms with van der Waals surface area (Å²) in [6, 6.07) is 22.1. The first-order valence-corrected chi connectivity index (χ1v) is 11.4. The standard InChI is InChI=1S/C25H24BrN3O3S/c1-29(2)24(31)19-9-6-10-20(15-19)27-25(33)28-23(30)18-11-12-22(21(26)16-18)32-14-13-17-7-4-3-5-8-17/h3-12,15-16H,13-14H2,1-2H3,(H2,27,28,30,33). The fourth-order valence-electron chi connectivity index (χ4n) is 3.01. The maximum atomic E-state index is 12.6. The number of nitrogens with one attached hydrogen (secondary N) is 2. The van der Waals surface area contributed by atoms with E-state index in [4.69, 9.17) is 17.0 Å². The molecule has 6 nitrogen and oxygen atoms in total. The number of ether oxygens (including phenoxy) is 1. The molecule has 3 rings (SSSR count). The average Bonchev–Trinajstić information content (AvgIpc) is 2.80. The van der Waals surface area contributed by atoms with Gasteiger partial charge in [-0.3, -0.25) is 14.9 Å². The fraction of sp³-hybridized carbons (Fsp3) is 0.160. The minimum atomic E-state index is -0.357. The molecule has 3 aromatic rings. The Morgan fingerprint density at radius 3 is 2.42 bits per heavy atom. The molecule has 2 amide bonds. The molecule has 0 aliphatic carbocycles. The highest BCUT2D eigenvalue weighted by Gasteiger charge is 2.12. The predicted molar refractivity (Wildman–Crippen MR) is 138 cm³/mol. The number of anilines is 1. The van der Waals surface area contributed by atoms with E-state index >= 15 is 0 Å². The largest absolute Gasteiger partial charge is 0.492 e. The van der Waals surface area contributed by atoms with E-state index < -0.39 is 0 Å². The molecule has 0 aromatic heterocycles. The molecule has 0 heterocycles. The van der Waals surface area contributed by atoms with E-state index in [9.17, 15) is 9.59 Å². The molecule has 0 fully saturated rings. The van der Waals surface area contributed by atoms with Crippen LogP contribution in [0.1, 0.15) is 26.3 Å². The zero-order valence-corrected chi connectivity index (χ0v) is 20.7. The average molecular weight is 526 g/mol. The van der Waals surface area contributed by atoms with E-state index in [1.165, 1.54) is 10.5 Å². The van der Waals surface area contributed by atoms with Gasteiger partial charge in [0.2, 0.25) is 0 Å². The summed E-state index contributed by atoms with van der Waals surface area (Å²) in [6.45, 7) is 0.525. The van der Waals surface area contributed by atoms with Crippen molar-refractivity contribution in [1.29, 1.82) is 0 Å². The SMILES string of the molecule is CN(C)C(=O)c1cccc(NC(=S)NC(=O)c2ccc(OCCc3ccccc3)c(Br)c2)c1. The molecular weight excluding hydrogens is 502 g/mol.